The molecule has 0 saturated heterocycles. The number of halogens is 1. The molecule has 16 heavy (non-hydrogen) atoms. The lowest BCUT2D eigenvalue weighted by molar-refractivity contribution is -0.114. The smallest absolute Gasteiger partial charge is 0.0581 e. The molecule has 0 aromatic carbocycles. The molecule has 1 nitrogen and oxygen atoms in total. The monoisotopic (exact) mass is 288 g/mol. The Morgan fingerprint density at radius 1 is 1.19 bits per heavy atom. The van der Waals surface area contributed by atoms with Crippen molar-refractivity contribution in [2.24, 2.45) is 22.7 Å². The van der Waals surface area contributed by atoms with Crippen molar-refractivity contribution in [1.82, 2.24) is 0 Å². The van der Waals surface area contributed by atoms with Gasteiger partial charge in [-0.3, -0.25) is 0 Å². The van der Waals surface area contributed by atoms with Gasteiger partial charge in [-0.1, -0.05) is 43.1 Å². The van der Waals surface area contributed by atoms with E-state index in [2.05, 4.69) is 36.7 Å². The van der Waals surface area contributed by atoms with E-state index in [9.17, 15) is 5.11 Å². The SMILES string of the molecule is CC1(C)CCC[C@]2(C)[C@@H](CBr)[C@H](O)CC[C@@H]12. The van der Waals surface area contributed by atoms with Crippen molar-refractivity contribution in [1.29, 1.82) is 0 Å². The van der Waals surface area contributed by atoms with Crippen LogP contribution in [0, 0.1) is 22.7 Å². The van der Waals surface area contributed by atoms with Crippen LogP contribution < -0.4 is 0 Å². The molecule has 1 N–H and O–H groups in total. The molecule has 94 valence electrons. The molecule has 2 aliphatic carbocycles. The van der Waals surface area contributed by atoms with Crippen LogP contribution in [-0.2, 0) is 0 Å². The molecule has 0 radical (unpaired) electrons. The lowest BCUT2D eigenvalue weighted by Crippen LogP contribution is -2.53. The standard InChI is InChI=1S/C14H25BrO/c1-13(2)7-4-8-14(3)10(9-15)11(16)5-6-12(13)14/h10-12,16H,4-9H2,1-3H3/t10-,11+,12-,14+/m0/s1. The largest absolute Gasteiger partial charge is 0.393 e. The zero-order chi connectivity index (χ0) is 12.0. The van der Waals surface area contributed by atoms with Crippen LogP contribution in [0.25, 0.3) is 0 Å². The van der Waals surface area contributed by atoms with Crippen molar-refractivity contribution >= 4 is 15.9 Å². The first-order chi connectivity index (χ1) is 7.42. The van der Waals surface area contributed by atoms with E-state index in [1.807, 2.05) is 0 Å². The van der Waals surface area contributed by atoms with Gasteiger partial charge in [0.05, 0.1) is 6.10 Å². The number of aliphatic hydroxyl groups is 1. The quantitative estimate of drug-likeness (QED) is 0.724. The summed E-state index contributed by atoms with van der Waals surface area (Å²) in [5.41, 5.74) is 0.816. The summed E-state index contributed by atoms with van der Waals surface area (Å²) >= 11 is 3.63. The number of hydrogen-bond acceptors (Lipinski definition) is 1. The Kier molecular flexibility index (Phi) is 3.44. The number of fused-ring (bicyclic) bond motifs is 1. The topological polar surface area (TPSA) is 20.2 Å². The average molecular weight is 289 g/mol. The Labute approximate surface area is 108 Å². The van der Waals surface area contributed by atoms with Crippen molar-refractivity contribution in [3.63, 3.8) is 0 Å². The van der Waals surface area contributed by atoms with E-state index in [0.29, 0.717) is 16.7 Å². The second-order valence-electron chi connectivity index (χ2n) is 6.81. The molecule has 0 aromatic rings. The van der Waals surface area contributed by atoms with Gasteiger partial charge in [0.25, 0.3) is 0 Å². The zero-order valence-corrected chi connectivity index (χ0v) is 12.4. The Balaban J connectivity index is 2.31. The molecule has 2 saturated carbocycles. The van der Waals surface area contributed by atoms with Crippen LogP contribution in [0.15, 0.2) is 0 Å². The van der Waals surface area contributed by atoms with Crippen LogP contribution in [0.4, 0.5) is 0 Å². The van der Waals surface area contributed by atoms with Gasteiger partial charge in [-0.2, -0.15) is 0 Å². The van der Waals surface area contributed by atoms with E-state index >= 15 is 0 Å². The maximum Gasteiger partial charge on any atom is 0.0581 e. The molecule has 0 bridgehead atoms. The predicted octanol–water partition coefficient (Wildman–Crippen LogP) is 3.98. The third kappa shape index (κ3) is 1.86. The summed E-state index contributed by atoms with van der Waals surface area (Å²) in [7, 11) is 0. The first-order valence-corrected chi connectivity index (χ1v) is 7.78. The van der Waals surface area contributed by atoms with E-state index in [0.717, 1.165) is 17.7 Å². The molecule has 4 atom stereocenters. The lowest BCUT2D eigenvalue weighted by Gasteiger charge is -2.58. The molecule has 0 aliphatic heterocycles. The van der Waals surface area contributed by atoms with Crippen molar-refractivity contribution in [3.05, 3.63) is 0 Å². The highest BCUT2D eigenvalue weighted by molar-refractivity contribution is 9.09. The first kappa shape index (κ1) is 12.9. The molecular formula is C14H25BrO. The Morgan fingerprint density at radius 2 is 1.88 bits per heavy atom. The highest BCUT2D eigenvalue weighted by atomic mass is 79.9. The van der Waals surface area contributed by atoms with E-state index in [1.54, 1.807) is 0 Å². The highest BCUT2D eigenvalue weighted by Crippen LogP contribution is 2.59. The minimum atomic E-state index is -0.0884. The molecular weight excluding hydrogens is 264 g/mol. The second-order valence-corrected chi connectivity index (χ2v) is 7.45. The fraction of sp³-hybridized carbons (Fsp3) is 1.00. The van der Waals surface area contributed by atoms with Gasteiger partial charge < -0.3 is 5.11 Å². The molecule has 0 unspecified atom stereocenters. The normalized spacial score (nSPS) is 47.4. The fourth-order valence-electron chi connectivity index (χ4n) is 4.59. The molecule has 2 rings (SSSR count). The number of hydrogen-bond donors (Lipinski definition) is 1. The van der Waals surface area contributed by atoms with Crippen molar-refractivity contribution in [2.45, 2.75) is 59.0 Å². The molecule has 0 amide bonds. The highest BCUT2D eigenvalue weighted by Gasteiger charge is 2.53. The fourth-order valence-corrected chi connectivity index (χ4v) is 5.76. The Morgan fingerprint density at radius 3 is 2.50 bits per heavy atom. The van der Waals surface area contributed by atoms with Crippen LogP contribution in [0.5, 0.6) is 0 Å². The lowest BCUT2D eigenvalue weighted by atomic mass is 9.48. The van der Waals surface area contributed by atoms with Gasteiger partial charge in [-0.15, -0.1) is 0 Å². The number of aliphatic hydroxyl groups excluding tert-OH is 1. The van der Waals surface area contributed by atoms with Crippen molar-refractivity contribution < 1.29 is 5.11 Å². The van der Waals surface area contributed by atoms with Gasteiger partial charge in [0.2, 0.25) is 0 Å². The molecule has 2 fully saturated rings. The maximum atomic E-state index is 10.2. The summed E-state index contributed by atoms with van der Waals surface area (Å²) in [6.45, 7) is 7.28. The Hall–Kier alpha value is 0.440. The van der Waals surface area contributed by atoms with Crippen LogP contribution in [0.1, 0.15) is 52.9 Å². The van der Waals surface area contributed by atoms with Gasteiger partial charge in [0.1, 0.15) is 0 Å². The summed E-state index contributed by atoms with van der Waals surface area (Å²) in [6.07, 6.45) is 6.12. The van der Waals surface area contributed by atoms with Gasteiger partial charge in [0.15, 0.2) is 0 Å². The molecule has 0 spiro atoms. The van der Waals surface area contributed by atoms with E-state index in [1.165, 1.54) is 25.7 Å². The minimum Gasteiger partial charge on any atom is -0.393 e. The molecule has 0 heterocycles. The van der Waals surface area contributed by atoms with Gasteiger partial charge >= 0.3 is 0 Å². The molecule has 2 aliphatic rings. The summed E-state index contributed by atoms with van der Waals surface area (Å²) in [4.78, 5) is 0. The van der Waals surface area contributed by atoms with E-state index in [4.69, 9.17) is 0 Å². The van der Waals surface area contributed by atoms with Crippen LogP contribution in [0.3, 0.4) is 0 Å². The third-order valence-electron chi connectivity index (χ3n) is 5.50. The third-order valence-corrected chi connectivity index (χ3v) is 6.20. The summed E-state index contributed by atoms with van der Waals surface area (Å²) in [6, 6.07) is 0. The van der Waals surface area contributed by atoms with Gasteiger partial charge in [-0.25, -0.2) is 0 Å². The average Bonchev–Trinajstić information content (AvgIpc) is 2.15. The number of alkyl halides is 1. The predicted molar refractivity (Wildman–Crippen MR) is 71.8 cm³/mol. The van der Waals surface area contributed by atoms with Crippen molar-refractivity contribution in [2.75, 3.05) is 5.33 Å². The zero-order valence-electron chi connectivity index (χ0n) is 10.8. The maximum absolute atomic E-state index is 10.2. The first-order valence-electron chi connectivity index (χ1n) is 6.66. The molecule has 2 heteroatoms. The number of rotatable bonds is 1. The van der Waals surface area contributed by atoms with Crippen LogP contribution in [-0.4, -0.2) is 16.5 Å². The van der Waals surface area contributed by atoms with Crippen molar-refractivity contribution in [3.8, 4) is 0 Å². The van der Waals surface area contributed by atoms with Gasteiger partial charge in [0, 0.05) is 11.2 Å². The summed E-state index contributed by atoms with van der Waals surface area (Å²) in [5, 5.41) is 11.2. The van der Waals surface area contributed by atoms with Crippen LogP contribution in [0.2, 0.25) is 0 Å². The molecule has 0 aromatic heterocycles. The van der Waals surface area contributed by atoms with E-state index < -0.39 is 0 Å². The second kappa shape index (κ2) is 4.28. The van der Waals surface area contributed by atoms with E-state index in [-0.39, 0.29) is 6.10 Å². The Bertz CT molecular complexity index is 263. The van der Waals surface area contributed by atoms with Gasteiger partial charge in [-0.05, 0) is 42.4 Å². The minimum absolute atomic E-state index is 0.0884. The van der Waals surface area contributed by atoms with Crippen LogP contribution >= 0.6 is 15.9 Å². The summed E-state index contributed by atoms with van der Waals surface area (Å²) in [5.74, 6) is 1.24. The summed E-state index contributed by atoms with van der Waals surface area (Å²) < 4.78 is 0.